The zero-order valence-electron chi connectivity index (χ0n) is 15.8. The number of guanidine groups is 1. The molecule has 25 heavy (non-hydrogen) atoms. The summed E-state index contributed by atoms with van der Waals surface area (Å²) in [5.74, 6) is 1.00. The molecule has 0 amide bonds. The molecule has 1 N–H and O–H groups in total. The van der Waals surface area contributed by atoms with Crippen molar-refractivity contribution in [3.63, 3.8) is 0 Å². The van der Waals surface area contributed by atoms with Gasteiger partial charge in [-0.25, -0.2) is 8.42 Å². The van der Waals surface area contributed by atoms with Gasteiger partial charge in [0.05, 0.1) is 30.3 Å². The minimum Gasteiger partial charge on any atom is -0.379 e. The van der Waals surface area contributed by atoms with E-state index in [1.807, 2.05) is 6.92 Å². The van der Waals surface area contributed by atoms with Crippen molar-refractivity contribution >= 4 is 39.8 Å². The number of hydrogen-bond donors (Lipinski definition) is 1. The summed E-state index contributed by atoms with van der Waals surface area (Å²) in [5.41, 5.74) is 0. The Morgan fingerprint density at radius 2 is 1.92 bits per heavy atom. The Balaban J connectivity index is 0.00000312. The van der Waals surface area contributed by atoms with Crippen LogP contribution in [0.25, 0.3) is 0 Å². The van der Waals surface area contributed by atoms with Crippen LogP contribution in [0.1, 0.15) is 27.7 Å². The summed E-state index contributed by atoms with van der Waals surface area (Å²) < 4.78 is 29.1. The maximum atomic E-state index is 12.2. The second kappa shape index (κ2) is 9.70. The van der Waals surface area contributed by atoms with Crippen molar-refractivity contribution in [2.24, 2.45) is 4.99 Å². The first kappa shape index (κ1) is 22.9. The highest BCUT2D eigenvalue weighted by Crippen LogP contribution is 2.23. The van der Waals surface area contributed by atoms with Crippen molar-refractivity contribution < 1.29 is 13.2 Å². The summed E-state index contributed by atoms with van der Waals surface area (Å²) in [4.78, 5) is 9.25. The van der Waals surface area contributed by atoms with Gasteiger partial charge in [-0.15, -0.1) is 24.0 Å². The van der Waals surface area contributed by atoms with Crippen molar-refractivity contribution in [3.8, 4) is 0 Å². The Labute approximate surface area is 169 Å². The van der Waals surface area contributed by atoms with Crippen molar-refractivity contribution in [1.82, 2.24) is 15.1 Å². The quantitative estimate of drug-likeness (QED) is 0.359. The van der Waals surface area contributed by atoms with Crippen LogP contribution in [0, 0.1) is 0 Å². The lowest BCUT2D eigenvalue weighted by Crippen LogP contribution is -2.57. The van der Waals surface area contributed by atoms with Gasteiger partial charge in [-0.1, -0.05) is 0 Å². The fraction of sp³-hybridized carbons (Fsp3) is 0.938. The summed E-state index contributed by atoms with van der Waals surface area (Å²) in [6.07, 6.45) is 0. The van der Waals surface area contributed by atoms with E-state index in [0.29, 0.717) is 25.7 Å². The summed E-state index contributed by atoms with van der Waals surface area (Å²) in [7, 11) is -3.04. The lowest BCUT2D eigenvalue weighted by molar-refractivity contribution is 0.0220. The van der Waals surface area contributed by atoms with E-state index in [9.17, 15) is 8.42 Å². The number of rotatable bonds is 4. The predicted molar refractivity (Wildman–Crippen MR) is 113 cm³/mol. The van der Waals surface area contributed by atoms with Crippen LogP contribution < -0.4 is 5.32 Å². The molecule has 0 radical (unpaired) electrons. The van der Waals surface area contributed by atoms with Crippen LogP contribution in [0.2, 0.25) is 0 Å². The lowest BCUT2D eigenvalue weighted by Gasteiger charge is -2.39. The Hall–Kier alpha value is -0.130. The van der Waals surface area contributed by atoms with E-state index in [2.05, 4.69) is 22.0 Å². The highest BCUT2D eigenvalue weighted by molar-refractivity contribution is 14.0. The molecule has 2 fully saturated rings. The first-order valence-electron chi connectivity index (χ1n) is 8.84. The molecule has 0 bridgehead atoms. The topological polar surface area (TPSA) is 74.2 Å². The monoisotopic (exact) mass is 488 g/mol. The SMILES string of the molecule is CCNC(=NCC(C)N1CCOCC1)N1CCS(=O)(=O)C(C)(C)C1.I. The van der Waals surface area contributed by atoms with Gasteiger partial charge in [0, 0.05) is 38.8 Å². The van der Waals surface area contributed by atoms with Crippen LogP contribution >= 0.6 is 24.0 Å². The molecule has 0 saturated carbocycles. The smallest absolute Gasteiger partial charge is 0.194 e. The zero-order chi connectivity index (χ0) is 17.8. The average molecular weight is 488 g/mol. The van der Waals surface area contributed by atoms with E-state index in [1.165, 1.54) is 0 Å². The number of morpholine rings is 1. The van der Waals surface area contributed by atoms with E-state index < -0.39 is 14.6 Å². The maximum absolute atomic E-state index is 12.2. The van der Waals surface area contributed by atoms with E-state index in [1.54, 1.807) is 13.8 Å². The van der Waals surface area contributed by atoms with Gasteiger partial charge in [0.15, 0.2) is 15.8 Å². The maximum Gasteiger partial charge on any atom is 0.194 e. The number of halogens is 1. The molecule has 2 rings (SSSR count). The van der Waals surface area contributed by atoms with Crippen LogP contribution in [0.3, 0.4) is 0 Å². The van der Waals surface area contributed by atoms with Gasteiger partial charge in [0.1, 0.15) is 0 Å². The molecule has 1 atom stereocenters. The van der Waals surface area contributed by atoms with Gasteiger partial charge in [-0.3, -0.25) is 9.89 Å². The molecule has 9 heteroatoms. The van der Waals surface area contributed by atoms with E-state index in [4.69, 9.17) is 9.73 Å². The Bertz CT molecular complexity index is 548. The minimum atomic E-state index is -3.04. The second-order valence-corrected chi connectivity index (χ2v) is 9.94. The molecular weight excluding hydrogens is 455 g/mol. The third-order valence-corrected chi connectivity index (χ3v) is 7.39. The van der Waals surface area contributed by atoms with Gasteiger partial charge in [0.2, 0.25) is 0 Å². The standard InChI is InChI=1S/C16H32N4O3S.HI/c1-5-17-15(18-12-14(2)19-6-9-23-10-7-19)20-8-11-24(21,22)16(3,4)13-20;/h14H,5-13H2,1-4H3,(H,17,18);1H. The number of hydrogen-bond acceptors (Lipinski definition) is 5. The Morgan fingerprint density at radius 1 is 1.28 bits per heavy atom. The first-order chi connectivity index (χ1) is 11.3. The molecule has 2 aliphatic heterocycles. The van der Waals surface area contributed by atoms with Crippen LogP contribution in [-0.2, 0) is 14.6 Å². The number of nitrogens with one attached hydrogen (secondary N) is 1. The molecule has 2 aliphatic rings. The van der Waals surface area contributed by atoms with Crippen LogP contribution in [0.4, 0.5) is 0 Å². The predicted octanol–water partition coefficient (Wildman–Crippen LogP) is 0.800. The molecular formula is C16H33IN4O3S. The molecule has 0 aromatic carbocycles. The summed E-state index contributed by atoms with van der Waals surface area (Å²) >= 11 is 0. The van der Waals surface area contributed by atoms with Crippen LogP contribution in [0.5, 0.6) is 0 Å². The van der Waals surface area contributed by atoms with Gasteiger partial charge >= 0.3 is 0 Å². The number of nitrogens with zero attached hydrogens (tertiary/aromatic N) is 3. The van der Waals surface area contributed by atoms with Crippen molar-refractivity contribution in [1.29, 1.82) is 0 Å². The van der Waals surface area contributed by atoms with Crippen molar-refractivity contribution in [2.45, 2.75) is 38.5 Å². The average Bonchev–Trinajstić information content (AvgIpc) is 2.54. The molecule has 7 nitrogen and oxygen atoms in total. The summed E-state index contributed by atoms with van der Waals surface area (Å²) in [6.45, 7) is 13.7. The fourth-order valence-electron chi connectivity index (χ4n) is 3.10. The molecule has 0 aromatic rings. The van der Waals surface area contributed by atoms with Crippen molar-refractivity contribution in [2.75, 3.05) is 58.2 Å². The van der Waals surface area contributed by atoms with Gasteiger partial charge in [-0.05, 0) is 27.7 Å². The Morgan fingerprint density at radius 3 is 2.48 bits per heavy atom. The van der Waals surface area contributed by atoms with Gasteiger partial charge in [-0.2, -0.15) is 0 Å². The summed E-state index contributed by atoms with van der Waals surface area (Å²) in [5, 5.41) is 3.31. The number of aliphatic imine (C=N–C) groups is 1. The third-order valence-electron chi connectivity index (χ3n) is 4.85. The molecule has 1 unspecified atom stereocenters. The normalized spacial score (nSPS) is 25.1. The molecule has 148 valence electrons. The van der Waals surface area contributed by atoms with E-state index in [0.717, 1.165) is 38.8 Å². The van der Waals surface area contributed by atoms with Gasteiger partial charge < -0.3 is 15.0 Å². The molecule has 2 saturated heterocycles. The fourth-order valence-corrected chi connectivity index (χ4v) is 4.47. The third kappa shape index (κ3) is 5.93. The lowest BCUT2D eigenvalue weighted by atomic mass is 10.2. The molecule has 0 aliphatic carbocycles. The second-order valence-electron chi connectivity index (χ2n) is 7.19. The zero-order valence-corrected chi connectivity index (χ0v) is 19.0. The highest BCUT2D eigenvalue weighted by atomic mass is 127. The largest absolute Gasteiger partial charge is 0.379 e. The van der Waals surface area contributed by atoms with E-state index >= 15 is 0 Å². The number of ether oxygens (including phenoxy) is 1. The van der Waals surface area contributed by atoms with E-state index in [-0.39, 0.29) is 29.7 Å². The molecule has 2 heterocycles. The van der Waals surface area contributed by atoms with Gasteiger partial charge in [0.25, 0.3) is 0 Å². The Kier molecular flexibility index (Phi) is 8.89. The van der Waals surface area contributed by atoms with Crippen LogP contribution in [0.15, 0.2) is 4.99 Å². The number of sulfone groups is 1. The first-order valence-corrected chi connectivity index (χ1v) is 10.5. The van der Waals surface area contributed by atoms with Crippen LogP contribution in [-0.4, -0.2) is 93.2 Å². The molecule has 0 spiro atoms. The minimum absolute atomic E-state index is 0. The summed E-state index contributed by atoms with van der Waals surface area (Å²) in [6, 6.07) is 0.351. The molecule has 0 aromatic heterocycles. The van der Waals surface area contributed by atoms with Crippen molar-refractivity contribution in [3.05, 3.63) is 0 Å². The highest BCUT2D eigenvalue weighted by Gasteiger charge is 2.41.